The summed E-state index contributed by atoms with van der Waals surface area (Å²) in [6.45, 7) is 5.48. The summed E-state index contributed by atoms with van der Waals surface area (Å²) in [4.78, 5) is 18.9. The van der Waals surface area contributed by atoms with Crippen LogP contribution in [0, 0.1) is 0 Å². The van der Waals surface area contributed by atoms with E-state index in [-0.39, 0.29) is 11.9 Å². The van der Waals surface area contributed by atoms with Crippen molar-refractivity contribution in [3.05, 3.63) is 55.1 Å². The molecule has 0 N–H and O–H groups in total. The molecule has 25 heavy (non-hydrogen) atoms. The molecule has 6 nitrogen and oxygen atoms in total. The third-order valence-electron chi connectivity index (χ3n) is 4.40. The summed E-state index contributed by atoms with van der Waals surface area (Å²) in [7, 11) is 1.57. The smallest absolute Gasteiger partial charge is 0.254 e. The molecule has 1 fully saturated rings. The fraction of sp³-hybridized carbons (Fsp3) is 0.368. The molecular weight excluding hydrogens is 318 g/mol. The number of piperidine rings is 1. The van der Waals surface area contributed by atoms with E-state index >= 15 is 0 Å². The SMILES string of the molecule is C=CCOc1ccc(C(=O)N2CCCC(n3ccnc3)C2)cc1OC. The molecule has 0 radical (unpaired) electrons. The maximum absolute atomic E-state index is 12.9. The summed E-state index contributed by atoms with van der Waals surface area (Å²) in [6.07, 6.45) is 9.24. The first kappa shape index (κ1) is 17.1. The van der Waals surface area contributed by atoms with Crippen LogP contribution in [-0.4, -0.2) is 47.2 Å². The molecule has 1 aromatic carbocycles. The number of methoxy groups -OCH3 is 1. The summed E-state index contributed by atoms with van der Waals surface area (Å²) < 4.78 is 13.0. The average Bonchev–Trinajstić information content (AvgIpc) is 3.20. The van der Waals surface area contributed by atoms with Crippen molar-refractivity contribution in [1.29, 1.82) is 0 Å². The summed E-state index contributed by atoms with van der Waals surface area (Å²) in [5.74, 6) is 1.17. The molecule has 1 atom stereocenters. The molecular formula is C19H23N3O3. The first-order valence-corrected chi connectivity index (χ1v) is 8.41. The lowest BCUT2D eigenvalue weighted by Crippen LogP contribution is -2.40. The van der Waals surface area contributed by atoms with E-state index in [1.54, 1.807) is 37.6 Å². The Morgan fingerprint density at radius 1 is 1.44 bits per heavy atom. The zero-order valence-corrected chi connectivity index (χ0v) is 14.4. The third-order valence-corrected chi connectivity index (χ3v) is 4.40. The number of carbonyl (C=O) groups excluding carboxylic acids is 1. The Hall–Kier alpha value is -2.76. The highest BCUT2D eigenvalue weighted by Gasteiger charge is 2.25. The second-order valence-corrected chi connectivity index (χ2v) is 6.02. The lowest BCUT2D eigenvalue weighted by Gasteiger charge is -2.33. The van der Waals surface area contributed by atoms with Crippen molar-refractivity contribution < 1.29 is 14.3 Å². The maximum atomic E-state index is 12.9. The van der Waals surface area contributed by atoms with Crippen molar-refractivity contribution in [2.24, 2.45) is 0 Å². The minimum absolute atomic E-state index is 0.0124. The zero-order chi connectivity index (χ0) is 17.6. The van der Waals surface area contributed by atoms with Crippen LogP contribution in [0.4, 0.5) is 0 Å². The quantitative estimate of drug-likeness (QED) is 0.758. The fourth-order valence-corrected chi connectivity index (χ4v) is 3.12. The third kappa shape index (κ3) is 3.84. The molecule has 3 rings (SSSR count). The molecule has 1 aromatic heterocycles. The Morgan fingerprint density at radius 3 is 3.04 bits per heavy atom. The second kappa shape index (κ2) is 7.88. The number of ether oxygens (including phenoxy) is 2. The molecule has 0 spiro atoms. The number of aromatic nitrogens is 2. The first-order chi connectivity index (χ1) is 12.2. The molecule has 1 unspecified atom stereocenters. The highest BCUT2D eigenvalue weighted by atomic mass is 16.5. The Bertz CT molecular complexity index is 728. The van der Waals surface area contributed by atoms with Gasteiger partial charge >= 0.3 is 0 Å². The minimum atomic E-state index is 0.0124. The lowest BCUT2D eigenvalue weighted by atomic mass is 10.0. The molecule has 1 aliphatic heterocycles. The van der Waals surface area contributed by atoms with Gasteiger partial charge in [0, 0.05) is 31.0 Å². The second-order valence-electron chi connectivity index (χ2n) is 6.02. The van der Waals surface area contributed by atoms with Crippen molar-refractivity contribution >= 4 is 5.91 Å². The van der Waals surface area contributed by atoms with Gasteiger partial charge in [0.2, 0.25) is 0 Å². The van der Waals surface area contributed by atoms with E-state index in [9.17, 15) is 4.79 Å². The Labute approximate surface area is 147 Å². The summed E-state index contributed by atoms with van der Waals surface area (Å²) in [5, 5.41) is 0. The van der Waals surface area contributed by atoms with Gasteiger partial charge in [0.15, 0.2) is 11.5 Å². The van der Waals surface area contributed by atoms with Gasteiger partial charge < -0.3 is 18.9 Å². The van der Waals surface area contributed by atoms with Crippen LogP contribution >= 0.6 is 0 Å². The van der Waals surface area contributed by atoms with Crippen LogP contribution in [0.5, 0.6) is 11.5 Å². The van der Waals surface area contributed by atoms with Crippen LogP contribution in [-0.2, 0) is 0 Å². The predicted octanol–water partition coefficient (Wildman–Crippen LogP) is 2.93. The molecule has 0 saturated carbocycles. The fourth-order valence-electron chi connectivity index (χ4n) is 3.12. The summed E-state index contributed by atoms with van der Waals surface area (Å²) in [5.41, 5.74) is 0.606. The predicted molar refractivity (Wildman–Crippen MR) is 95.1 cm³/mol. The van der Waals surface area contributed by atoms with Gasteiger partial charge in [-0.25, -0.2) is 4.98 Å². The van der Waals surface area contributed by atoms with Crippen molar-refractivity contribution in [2.45, 2.75) is 18.9 Å². The molecule has 6 heteroatoms. The zero-order valence-electron chi connectivity index (χ0n) is 14.4. The Morgan fingerprint density at radius 2 is 2.32 bits per heavy atom. The van der Waals surface area contributed by atoms with E-state index in [4.69, 9.17) is 9.47 Å². The normalized spacial score (nSPS) is 17.2. The van der Waals surface area contributed by atoms with E-state index in [2.05, 4.69) is 16.1 Å². The van der Waals surface area contributed by atoms with E-state index in [1.807, 2.05) is 17.4 Å². The maximum Gasteiger partial charge on any atom is 0.254 e. The van der Waals surface area contributed by atoms with Crippen molar-refractivity contribution in [1.82, 2.24) is 14.5 Å². The molecule has 2 heterocycles. The number of carbonyl (C=O) groups is 1. The van der Waals surface area contributed by atoms with Crippen molar-refractivity contribution in [3.63, 3.8) is 0 Å². The number of imidazole rings is 1. The average molecular weight is 341 g/mol. The van der Waals surface area contributed by atoms with Gasteiger partial charge in [-0.3, -0.25) is 4.79 Å². The molecule has 0 bridgehead atoms. The Kier molecular flexibility index (Phi) is 5.38. The van der Waals surface area contributed by atoms with Gasteiger partial charge in [-0.1, -0.05) is 12.7 Å². The van der Waals surface area contributed by atoms with Gasteiger partial charge in [0.1, 0.15) is 6.61 Å². The molecule has 1 aliphatic rings. The number of hydrogen-bond acceptors (Lipinski definition) is 4. The number of rotatable bonds is 6. The number of hydrogen-bond donors (Lipinski definition) is 0. The number of nitrogens with zero attached hydrogens (tertiary/aromatic N) is 3. The lowest BCUT2D eigenvalue weighted by molar-refractivity contribution is 0.0679. The van der Waals surface area contributed by atoms with Crippen molar-refractivity contribution in [3.8, 4) is 11.5 Å². The van der Waals surface area contributed by atoms with Crippen LogP contribution in [0.1, 0.15) is 29.2 Å². The molecule has 132 valence electrons. The Balaban J connectivity index is 1.74. The number of likely N-dealkylation sites (tertiary alicyclic amines) is 1. The largest absolute Gasteiger partial charge is 0.493 e. The molecule has 0 aliphatic carbocycles. The van der Waals surface area contributed by atoms with E-state index < -0.39 is 0 Å². The van der Waals surface area contributed by atoms with E-state index in [1.165, 1.54) is 0 Å². The molecule has 2 aromatic rings. The summed E-state index contributed by atoms with van der Waals surface area (Å²) >= 11 is 0. The van der Waals surface area contributed by atoms with Crippen LogP contribution in [0.3, 0.4) is 0 Å². The minimum Gasteiger partial charge on any atom is -0.493 e. The van der Waals surface area contributed by atoms with E-state index in [0.29, 0.717) is 30.2 Å². The monoisotopic (exact) mass is 341 g/mol. The molecule has 1 amide bonds. The highest BCUT2D eigenvalue weighted by Crippen LogP contribution is 2.29. The molecule has 1 saturated heterocycles. The van der Waals surface area contributed by atoms with Gasteiger partial charge in [0.25, 0.3) is 5.91 Å². The van der Waals surface area contributed by atoms with Gasteiger partial charge in [0.05, 0.1) is 19.5 Å². The van der Waals surface area contributed by atoms with Crippen LogP contribution in [0.15, 0.2) is 49.6 Å². The summed E-state index contributed by atoms with van der Waals surface area (Å²) in [6, 6.07) is 5.57. The first-order valence-electron chi connectivity index (χ1n) is 8.41. The number of benzene rings is 1. The van der Waals surface area contributed by atoms with Crippen LogP contribution < -0.4 is 9.47 Å². The van der Waals surface area contributed by atoms with E-state index in [0.717, 1.165) is 19.4 Å². The topological polar surface area (TPSA) is 56.6 Å². The van der Waals surface area contributed by atoms with Gasteiger partial charge in [-0.15, -0.1) is 0 Å². The van der Waals surface area contributed by atoms with Crippen molar-refractivity contribution in [2.75, 3.05) is 26.8 Å². The highest BCUT2D eigenvalue weighted by molar-refractivity contribution is 5.95. The van der Waals surface area contributed by atoms with Gasteiger partial charge in [-0.2, -0.15) is 0 Å². The van der Waals surface area contributed by atoms with Crippen LogP contribution in [0.2, 0.25) is 0 Å². The van der Waals surface area contributed by atoms with Gasteiger partial charge in [-0.05, 0) is 31.0 Å². The number of amides is 1. The standard InChI is InChI=1S/C19H23N3O3/c1-3-11-25-17-7-6-15(12-18(17)24-2)19(23)21-9-4-5-16(13-21)22-10-8-20-14-22/h3,6-8,10,12,14,16H,1,4-5,9,11,13H2,2H3. The van der Waals surface area contributed by atoms with Crippen LogP contribution in [0.25, 0.3) is 0 Å².